The van der Waals surface area contributed by atoms with Gasteiger partial charge < -0.3 is 15.5 Å². The Labute approximate surface area is 141 Å². The van der Waals surface area contributed by atoms with Crippen LogP contribution in [0.2, 0.25) is 0 Å². The number of amides is 1. The Morgan fingerprint density at radius 3 is 2.67 bits per heavy atom. The van der Waals surface area contributed by atoms with E-state index in [9.17, 15) is 4.79 Å². The van der Waals surface area contributed by atoms with Crippen LogP contribution in [-0.2, 0) is 11.2 Å². The number of hydrogen-bond acceptors (Lipinski definition) is 4. The molecule has 0 unspecified atom stereocenters. The zero-order valence-corrected chi connectivity index (χ0v) is 15.5. The molecule has 5 nitrogen and oxygen atoms in total. The number of nitrogens with one attached hydrogen (secondary N) is 2. The van der Waals surface area contributed by atoms with Crippen LogP contribution in [0.5, 0.6) is 0 Å². The first kappa shape index (κ1) is 18.0. The second kappa shape index (κ2) is 9.07. The Balaban J connectivity index is 3.17. The first-order valence-electron chi connectivity index (χ1n) is 7.29. The van der Waals surface area contributed by atoms with Crippen LogP contribution in [0.1, 0.15) is 32.4 Å². The number of pyridine rings is 1. The molecule has 1 amide bonds. The largest absolute Gasteiger partial charge is 0.385 e. The molecule has 0 bridgehead atoms. The van der Waals surface area contributed by atoms with Crippen molar-refractivity contribution in [1.82, 2.24) is 4.98 Å². The van der Waals surface area contributed by atoms with E-state index in [4.69, 9.17) is 0 Å². The Morgan fingerprint density at radius 2 is 2.14 bits per heavy atom. The summed E-state index contributed by atoms with van der Waals surface area (Å²) in [7, 11) is 3.96. The van der Waals surface area contributed by atoms with Crippen molar-refractivity contribution in [2.45, 2.75) is 33.1 Å². The zero-order chi connectivity index (χ0) is 15.8. The molecule has 6 heteroatoms. The number of aryl methyl sites for hydroxylation is 1. The van der Waals surface area contributed by atoms with Gasteiger partial charge in [-0.15, -0.1) is 0 Å². The van der Waals surface area contributed by atoms with E-state index < -0.39 is 0 Å². The van der Waals surface area contributed by atoms with Crippen molar-refractivity contribution in [1.29, 1.82) is 0 Å². The van der Waals surface area contributed by atoms with Crippen molar-refractivity contribution in [2.75, 3.05) is 40.6 Å². The van der Waals surface area contributed by atoms with Gasteiger partial charge in [-0.3, -0.25) is 9.78 Å². The third-order valence-electron chi connectivity index (χ3n) is 3.28. The summed E-state index contributed by atoms with van der Waals surface area (Å²) in [6.45, 7) is 4.56. The number of hydrogen-bond donors (Lipinski definition) is 2. The molecule has 0 aliphatic rings. The van der Waals surface area contributed by atoms with E-state index in [0.717, 1.165) is 42.1 Å². The second-order valence-electron chi connectivity index (χ2n) is 4.94. The molecule has 1 aromatic rings. The molecule has 21 heavy (non-hydrogen) atoms. The lowest BCUT2D eigenvalue weighted by Gasteiger charge is -2.26. The van der Waals surface area contributed by atoms with Gasteiger partial charge in [-0.05, 0) is 23.7 Å². The van der Waals surface area contributed by atoms with Gasteiger partial charge >= 0.3 is 0 Å². The normalized spacial score (nSPS) is 10.3. The summed E-state index contributed by atoms with van der Waals surface area (Å²) in [5, 5.41) is 6.13. The van der Waals surface area contributed by atoms with Gasteiger partial charge in [-0.2, -0.15) is 0 Å². The average Bonchev–Trinajstić information content (AvgIpc) is 2.46. The number of unbranched alkanes of at least 4 members (excludes halogenated alkanes) is 1. The molecule has 0 saturated heterocycles. The summed E-state index contributed by atoms with van der Waals surface area (Å²) in [5.41, 5.74) is 3.80. The zero-order valence-electron chi connectivity index (χ0n) is 13.3. The molecule has 0 aromatic carbocycles. The number of carbonyl (C=O) groups excluding carboxylic acids is 1. The van der Waals surface area contributed by atoms with Gasteiger partial charge in [0.1, 0.15) is 0 Å². The van der Waals surface area contributed by atoms with Crippen LogP contribution in [0.4, 0.5) is 17.1 Å². The van der Waals surface area contributed by atoms with E-state index in [0.29, 0.717) is 0 Å². The highest BCUT2D eigenvalue weighted by Crippen LogP contribution is 2.35. The standard InChI is InChI=1S/C15H25IN4O/c1-5-12-14(17-3)15(20(4)9-7-6-8-16)13(10-18-12)19-11(2)21/h10,17H,5-9H2,1-4H3,(H,19,21). The maximum Gasteiger partial charge on any atom is 0.221 e. The minimum Gasteiger partial charge on any atom is -0.385 e. The smallest absolute Gasteiger partial charge is 0.221 e. The molecule has 0 spiro atoms. The quantitative estimate of drug-likeness (QED) is 0.397. The molecular formula is C15H25IN4O. The highest BCUT2D eigenvalue weighted by molar-refractivity contribution is 14.1. The summed E-state index contributed by atoms with van der Waals surface area (Å²) in [4.78, 5) is 18.1. The van der Waals surface area contributed by atoms with E-state index in [1.165, 1.54) is 17.8 Å². The molecule has 0 atom stereocenters. The number of alkyl halides is 1. The monoisotopic (exact) mass is 404 g/mol. The lowest BCUT2D eigenvalue weighted by molar-refractivity contribution is -0.114. The predicted molar refractivity (Wildman–Crippen MR) is 98.9 cm³/mol. The molecule has 1 rings (SSSR count). The Hall–Kier alpha value is -1.05. The lowest BCUT2D eigenvalue weighted by Crippen LogP contribution is -2.23. The summed E-state index contributed by atoms with van der Waals surface area (Å²) in [5.74, 6) is -0.0787. The minimum atomic E-state index is -0.0787. The fraction of sp³-hybridized carbons (Fsp3) is 0.600. The number of nitrogens with zero attached hydrogens (tertiary/aromatic N) is 2. The van der Waals surface area contributed by atoms with Crippen LogP contribution in [-0.4, -0.2) is 36.0 Å². The van der Waals surface area contributed by atoms with E-state index in [1.54, 1.807) is 6.20 Å². The molecule has 0 aliphatic heterocycles. The van der Waals surface area contributed by atoms with E-state index in [-0.39, 0.29) is 5.91 Å². The Kier molecular flexibility index (Phi) is 7.77. The predicted octanol–water partition coefficient (Wildman–Crippen LogP) is 3.30. The first-order valence-corrected chi connectivity index (χ1v) is 8.82. The van der Waals surface area contributed by atoms with Crippen molar-refractivity contribution in [2.24, 2.45) is 0 Å². The molecular weight excluding hydrogens is 379 g/mol. The van der Waals surface area contributed by atoms with Gasteiger partial charge in [0.2, 0.25) is 5.91 Å². The van der Waals surface area contributed by atoms with Crippen LogP contribution in [0.15, 0.2) is 6.20 Å². The van der Waals surface area contributed by atoms with Gasteiger partial charge in [-0.1, -0.05) is 29.5 Å². The molecule has 1 aromatic heterocycles. The fourth-order valence-electron chi connectivity index (χ4n) is 2.30. The molecule has 0 aliphatic carbocycles. The van der Waals surface area contributed by atoms with Crippen molar-refractivity contribution >= 4 is 45.6 Å². The van der Waals surface area contributed by atoms with Crippen molar-refractivity contribution < 1.29 is 4.79 Å². The van der Waals surface area contributed by atoms with Crippen LogP contribution >= 0.6 is 22.6 Å². The molecule has 1 heterocycles. The number of halogens is 1. The van der Waals surface area contributed by atoms with Gasteiger partial charge in [0.15, 0.2) is 0 Å². The second-order valence-corrected chi connectivity index (χ2v) is 6.02. The molecule has 2 N–H and O–H groups in total. The lowest BCUT2D eigenvalue weighted by atomic mass is 10.1. The summed E-state index contributed by atoms with van der Waals surface area (Å²) in [6, 6.07) is 0. The maximum atomic E-state index is 11.4. The molecule has 118 valence electrons. The van der Waals surface area contributed by atoms with Crippen LogP contribution in [0.3, 0.4) is 0 Å². The summed E-state index contributed by atoms with van der Waals surface area (Å²) in [6.07, 6.45) is 4.93. The topological polar surface area (TPSA) is 57.3 Å². The highest BCUT2D eigenvalue weighted by Gasteiger charge is 2.17. The fourth-order valence-corrected chi connectivity index (χ4v) is 2.84. The number of aromatic nitrogens is 1. The van der Waals surface area contributed by atoms with Crippen molar-refractivity contribution in [3.63, 3.8) is 0 Å². The average molecular weight is 404 g/mol. The first-order chi connectivity index (χ1) is 10.0. The van der Waals surface area contributed by atoms with Crippen molar-refractivity contribution in [3.8, 4) is 0 Å². The van der Waals surface area contributed by atoms with E-state index >= 15 is 0 Å². The third kappa shape index (κ3) is 5.01. The van der Waals surface area contributed by atoms with Gasteiger partial charge in [-0.25, -0.2) is 0 Å². The highest BCUT2D eigenvalue weighted by atomic mass is 127. The van der Waals surface area contributed by atoms with Gasteiger partial charge in [0, 0.05) is 27.6 Å². The molecule has 0 saturated carbocycles. The van der Waals surface area contributed by atoms with Crippen molar-refractivity contribution in [3.05, 3.63) is 11.9 Å². The maximum absolute atomic E-state index is 11.4. The number of anilines is 3. The Morgan fingerprint density at radius 1 is 1.43 bits per heavy atom. The molecule has 0 radical (unpaired) electrons. The van der Waals surface area contributed by atoms with Gasteiger partial charge in [0.05, 0.1) is 29.0 Å². The minimum absolute atomic E-state index is 0.0787. The van der Waals surface area contributed by atoms with E-state index in [2.05, 4.69) is 57.1 Å². The number of rotatable bonds is 8. The van der Waals surface area contributed by atoms with Gasteiger partial charge in [0.25, 0.3) is 0 Å². The number of carbonyl (C=O) groups is 1. The molecule has 0 fully saturated rings. The van der Waals surface area contributed by atoms with Crippen LogP contribution < -0.4 is 15.5 Å². The summed E-state index contributed by atoms with van der Waals surface area (Å²) < 4.78 is 1.17. The Bertz CT molecular complexity index is 479. The third-order valence-corrected chi connectivity index (χ3v) is 4.05. The van der Waals surface area contributed by atoms with Crippen LogP contribution in [0.25, 0.3) is 0 Å². The summed E-state index contributed by atoms with van der Waals surface area (Å²) >= 11 is 2.40. The SMILES string of the molecule is CCc1ncc(NC(C)=O)c(N(C)CCCCI)c1NC. The van der Waals surface area contributed by atoms with E-state index in [1.807, 2.05) is 7.05 Å². The van der Waals surface area contributed by atoms with Crippen LogP contribution in [0, 0.1) is 0 Å².